The lowest BCUT2D eigenvalue weighted by atomic mass is 10.2. The smallest absolute Gasteiger partial charge is 0.261 e. The summed E-state index contributed by atoms with van der Waals surface area (Å²) in [5.41, 5.74) is 0.354. The van der Waals surface area contributed by atoms with E-state index in [4.69, 9.17) is 10.2 Å². The quantitative estimate of drug-likeness (QED) is 0.565. The lowest BCUT2D eigenvalue weighted by Crippen LogP contribution is -2.41. The van der Waals surface area contributed by atoms with Gasteiger partial charge in [-0.25, -0.2) is 0 Å². The number of fused-ring (bicyclic) bond motifs is 1. The molecule has 0 saturated carbocycles. The molecule has 0 fully saturated rings. The molecule has 0 aliphatic carbocycles. The lowest BCUT2D eigenvalue weighted by molar-refractivity contribution is 0.0878. The Morgan fingerprint density at radius 2 is 2.16 bits per heavy atom. The van der Waals surface area contributed by atoms with E-state index in [1.54, 1.807) is 18.3 Å². The normalized spacial score (nSPS) is 10.9. The van der Waals surface area contributed by atoms with Crippen LogP contribution in [0.5, 0.6) is 0 Å². The number of rotatable bonds is 4. The number of aliphatic hydroxyl groups excluding tert-OH is 2. The number of nitrogens with zero attached hydrogens (tertiary/aromatic N) is 1. The first-order valence-corrected chi connectivity index (χ1v) is 5.66. The Balaban J connectivity index is 2.36. The van der Waals surface area contributed by atoms with Gasteiger partial charge in [0.2, 0.25) is 0 Å². The van der Waals surface area contributed by atoms with Crippen molar-refractivity contribution in [1.29, 1.82) is 0 Å². The van der Waals surface area contributed by atoms with E-state index in [-0.39, 0.29) is 5.56 Å². The summed E-state index contributed by atoms with van der Waals surface area (Å²) >= 11 is 0. The fourth-order valence-corrected chi connectivity index (χ4v) is 1.61. The molecule has 19 heavy (non-hydrogen) atoms. The van der Waals surface area contributed by atoms with Gasteiger partial charge in [0.15, 0.2) is 0 Å². The fraction of sp³-hybridized carbons (Fsp3) is 0.250. The highest BCUT2D eigenvalue weighted by Gasteiger charge is 2.16. The summed E-state index contributed by atoms with van der Waals surface area (Å²) < 4.78 is 0. The Hall–Kier alpha value is -2.25. The third-order valence-corrected chi connectivity index (χ3v) is 2.63. The van der Waals surface area contributed by atoms with Gasteiger partial charge in [0.1, 0.15) is 5.56 Å². The fourth-order valence-electron chi connectivity index (χ4n) is 1.61. The van der Waals surface area contributed by atoms with E-state index in [0.29, 0.717) is 11.0 Å². The van der Waals surface area contributed by atoms with E-state index in [1.165, 1.54) is 6.07 Å². The van der Waals surface area contributed by atoms with E-state index in [9.17, 15) is 9.59 Å². The average Bonchev–Trinajstić information content (AvgIpc) is 2.43. The van der Waals surface area contributed by atoms with Gasteiger partial charge < -0.3 is 20.5 Å². The molecule has 0 unspecified atom stereocenters. The Morgan fingerprint density at radius 3 is 2.84 bits per heavy atom. The van der Waals surface area contributed by atoms with Crippen LogP contribution in [0.15, 0.2) is 29.2 Å². The predicted octanol–water partition coefficient (Wildman–Crippen LogP) is -0.994. The van der Waals surface area contributed by atoms with E-state index >= 15 is 0 Å². The maximum Gasteiger partial charge on any atom is 0.261 e. The average molecular weight is 263 g/mol. The molecule has 2 aromatic rings. The molecule has 0 atom stereocenters. The molecule has 7 nitrogen and oxygen atoms in total. The van der Waals surface area contributed by atoms with Crippen LogP contribution < -0.4 is 10.9 Å². The maximum absolute atomic E-state index is 11.9. The summed E-state index contributed by atoms with van der Waals surface area (Å²) in [7, 11) is 0. The molecule has 7 heteroatoms. The topological polar surface area (TPSA) is 115 Å². The van der Waals surface area contributed by atoms with Crippen LogP contribution >= 0.6 is 0 Å². The lowest BCUT2D eigenvalue weighted by Gasteiger charge is -2.12. The van der Waals surface area contributed by atoms with Gasteiger partial charge >= 0.3 is 0 Å². The zero-order valence-corrected chi connectivity index (χ0v) is 9.96. The molecule has 0 spiro atoms. The molecule has 0 radical (unpaired) electrons. The first-order chi connectivity index (χ1) is 9.15. The first-order valence-electron chi connectivity index (χ1n) is 5.66. The van der Waals surface area contributed by atoms with Crippen LogP contribution in [0.1, 0.15) is 10.4 Å². The molecule has 2 heterocycles. The second-order valence-corrected chi connectivity index (χ2v) is 3.98. The number of nitrogens with one attached hydrogen (secondary N) is 2. The Labute approximate surface area is 107 Å². The van der Waals surface area contributed by atoms with Gasteiger partial charge in [-0.05, 0) is 18.2 Å². The molecular weight excluding hydrogens is 250 g/mol. The number of carbonyl (C=O) groups is 1. The number of carbonyl (C=O) groups excluding carboxylic acids is 1. The zero-order chi connectivity index (χ0) is 13.8. The number of amides is 1. The van der Waals surface area contributed by atoms with Crippen molar-refractivity contribution in [2.24, 2.45) is 0 Å². The van der Waals surface area contributed by atoms with Gasteiger partial charge in [-0.15, -0.1) is 0 Å². The van der Waals surface area contributed by atoms with Crippen molar-refractivity contribution in [2.75, 3.05) is 13.2 Å². The van der Waals surface area contributed by atoms with E-state index in [0.717, 1.165) is 0 Å². The number of pyridine rings is 2. The van der Waals surface area contributed by atoms with Gasteiger partial charge in [-0.2, -0.15) is 0 Å². The van der Waals surface area contributed by atoms with Crippen LogP contribution in [-0.2, 0) is 0 Å². The molecule has 0 saturated heterocycles. The van der Waals surface area contributed by atoms with Gasteiger partial charge in [0.25, 0.3) is 11.5 Å². The molecule has 0 aromatic carbocycles. The number of aliphatic hydroxyl groups is 2. The van der Waals surface area contributed by atoms with E-state index in [1.807, 2.05) is 0 Å². The van der Waals surface area contributed by atoms with E-state index < -0.39 is 30.7 Å². The second kappa shape index (κ2) is 5.59. The minimum absolute atomic E-state index is 0.113. The van der Waals surface area contributed by atoms with Crippen LogP contribution in [0.4, 0.5) is 0 Å². The molecule has 2 rings (SSSR count). The van der Waals surface area contributed by atoms with Crippen LogP contribution in [0.3, 0.4) is 0 Å². The Bertz CT molecular complexity index is 649. The molecule has 100 valence electrons. The van der Waals surface area contributed by atoms with Crippen LogP contribution in [-0.4, -0.2) is 45.3 Å². The van der Waals surface area contributed by atoms with Crippen molar-refractivity contribution in [3.05, 3.63) is 40.3 Å². The molecule has 1 amide bonds. The molecule has 2 aromatic heterocycles. The highest BCUT2D eigenvalue weighted by molar-refractivity contribution is 5.96. The molecule has 0 bridgehead atoms. The minimum atomic E-state index is -0.800. The zero-order valence-electron chi connectivity index (χ0n) is 9.96. The standard InChI is InChI=1S/C12H13N3O4/c16-5-7(6-17)14-11(18)8-4-10-9(15-12(8)19)2-1-3-13-10/h1-4,7,16-17H,5-6H2,(H,14,18)(H,15,19). The van der Waals surface area contributed by atoms with Crippen molar-refractivity contribution in [3.8, 4) is 0 Å². The maximum atomic E-state index is 11.9. The van der Waals surface area contributed by atoms with Crippen molar-refractivity contribution >= 4 is 16.9 Å². The van der Waals surface area contributed by atoms with Crippen molar-refractivity contribution < 1.29 is 15.0 Å². The predicted molar refractivity (Wildman–Crippen MR) is 67.8 cm³/mol. The highest BCUT2D eigenvalue weighted by atomic mass is 16.3. The summed E-state index contributed by atoms with van der Waals surface area (Å²) in [5.74, 6) is -0.665. The largest absolute Gasteiger partial charge is 0.394 e. The summed E-state index contributed by atoms with van der Waals surface area (Å²) in [6.07, 6.45) is 1.55. The van der Waals surface area contributed by atoms with Crippen LogP contribution in [0.2, 0.25) is 0 Å². The van der Waals surface area contributed by atoms with Crippen LogP contribution in [0, 0.1) is 0 Å². The number of hydrogen-bond acceptors (Lipinski definition) is 5. The minimum Gasteiger partial charge on any atom is -0.394 e. The monoisotopic (exact) mass is 263 g/mol. The van der Waals surface area contributed by atoms with Crippen molar-refractivity contribution in [2.45, 2.75) is 6.04 Å². The summed E-state index contributed by atoms with van der Waals surface area (Å²) in [4.78, 5) is 30.2. The molecule has 0 aliphatic rings. The molecular formula is C12H13N3O4. The third kappa shape index (κ3) is 2.78. The molecule has 4 N–H and O–H groups in total. The number of aromatic amines is 1. The third-order valence-electron chi connectivity index (χ3n) is 2.63. The van der Waals surface area contributed by atoms with Gasteiger partial charge in [-0.3, -0.25) is 14.6 Å². The van der Waals surface area contributed by atoms with Gasteiger partial charge in [0.05, 0.1) is 30.3 Å². The summed E-state index contributed by atoms with van der Waals surface area (Å²) in [5, 5.41) is 20.1. The summed E-state index contributed by atoms with van der Waals surface area (Å²) in [6.45, 7) is -0.821. The van der Waals surface area contributed by atoms with Crippen molar-refractivity contribution in [3.63, 3.8) is 0 Å². The van der Waals surface area contributed by atoms with Crippen molar-refractivity contribution in [1.82, 2.24) is 15.3 Å². The SMILES string of the molecule is O=C(NC(CO)CO)c1cc2ncccc2[nH]c1=O. The number of hydrogen-bond donors (Lipinski definition) is 4. The van der Waals surface area contributed by atoms with E-state index in [2.05, 4.69) is 15.3 Å². The Kier molecular flexibility index (Phi) is 3.88. The highest BCUT2D eigenvalue weighted by Crippen LogP contribution is 2.06. The van der Waals surface area contributed by atoms with Gasteiger partial charge in [0, 0.05) is 6.20 Å². The Morgan fingerprint density at radius 1 is 1.42 bits per heavy atom. The second-order valence-electron chi connectivity index (χ2n) is 3.98. The number of aromatic nitrogens is 2. The summed E-state index contributed by atoms with van der Waals surface area (Å²) in [6, 6.07) is 3.92. The van der Waals surface area contributed by atoms with Crippen LogP contribution in [0.25, 0.3) is 11.0 Å². The first kappa shape index (κ1) is 13.2. The molecule has 0 aliphatic heterocycles. The van der Waals surface area contributed by atoms with Gasteiger partial charge in [-0.1, -0.05) is 0 Å². The number of H-pyrrole nitrogens is 1.